The summed E-state index contributed by atoms with van der Waals surface area (Å²) in [5.41, 5.74) is 7.03. The molecule has 0 unspecified atom stereocenters. The van der Waals surface area contributed by atoms with Crippen LogP contribution in [0.4, 0.5) is 5.82 Å². The van der Waals surface area contributed by atoms with Crippen LogP contribution in [-0.2, 0) is 4.74 Å². The lowest BCUT2D eigenvalue weighted by atomic mass is 10.1. The molecular formula is C15H19N3O2. The van der Waals surface area contributed by atoms with E-state index in [0.29, 0.717) is 31.1 Å². The highest BCUT2D eigenvalue weighted by molar-refractivity contribution is 6.06. The second-order valence-corrected chi connectivity index (χ2v) is 4.42. The number of benzene rings is 1. The van der Waals surface area contributed by atoms with Gasteiger partial charge in [-0.25, -0.2) is 4.98 Å². The summed E-state index contributed by atoms with van der Waals surface area (Å²) in [4.78, 5) is 16.4. The number of nitrogens with zero attached hydrogens (tertiary/aromatic N) is 1. The average molecular weight is 273 g/mol. The molecule has 0 radical (unpaired) electrons. The minimum absolute atomic E-state index is 0.133. The van der Waals surface area contributed by atoms with E-state index in [-0.39, 0.29) is 5.91 Å². The van der Waals surface area contributed by atoms with Gasteiger partial charge in [0, 0.05) is 25.1 Å². The third-order valence-corrected chi connectivity index (χ3v) is 2.94. The van der Waals surface area contributed by atoms with Gasteiger partial charge in [0.05, 0.1) is 11.1 Å². The summed E-state index contributed by atoms with van der Waals surface area (Å²) in [6.07, 6.45) is 0.790. The third kappa shape index (κ3) is 3.45. The number of carbonyl (C=O) groups excluding carboxylic acids is 1. The van der Waals surface area contributed by atoms with Crippen LogP contribution in [0, 0.1) is 0 Å². The van der Waals surface area contributed by atoms with Crippen LogP contribution in [-0.4, -0.2) is 30.6 Å². The molecule has 0 bridgehead atoms. The van der Waals surface area contributed by atoms with Crippen LogP contribution in [0.25, 0.3) is 10.9 Å². The minimum Gasteiger partial charge on any atom is -0.384 e. The zero-order valence-corrected chi connectivity index (χ0v) is 11.6. The number of anilines is 1. The lowest BCUT2D eigenvalue weighted by Gasteiger charge is -2.09. The smallest absolute Gasteiger partial charge is 0.252 e. The van der Waals surface area contributed by atoms with Gasteiger partial charge in [0.15, 0.2) is 0 Å². The maximum atomic E-state index is 12.2. The Labute approximate surface area is 118 Å². The van der Waals surface area contributed by atoms with Crippen molar-refractivity contribution >= 4 is 22.6 Å². The Morgan fingerprint density at radius 2 is 2.20 bits per heavy atom. The van der Waals surface area contributed by atoms with Gasteiger partial charge >= 0.3 is 0 Å². The summed E-state index contributed by atoms with van der Waals surface area (Å²) in [5, 5.41) is 3.68. The van der Waals surface area contributed by atoms with E-state index in [1.165, 1.54) is 0 Å². The molecule has 0 saturated heterocycles. The number of nitrogens with two attached hydrogens (primary N) is 1. The molecule has 1 aromatic carbocycles. The van der Waals surface area contributed by atoms with Gasteiger partial charge in [0.1, 0.15) is 5.82 Å². The van der Waals surface area contributed by atoms with Crippen molar-refractivity contribution in [1.29, 1.82) is 0 Å². The van der Waals surface area contributed by atoms with Crippen LogP contribution in [0.5, 0.6) is 0 Å². The van der Waals surface area contributed by atoms with Gasteiger partial charge in [-0.2, -0.15) is 0 Å². The van der Waals surface area contributed by atoms with E-state index in [9.17, 15) is 4.79 Å². The van der Waals surface area contributed by atoms with E-state index in [1.54, 1.807) is 6.07 Å². The van der Waals surface area contributed by atoms with E-state index in [2.05, 4.69) is 10.3 Å². The second-order valence-electron chi connectivity index (χ2n) is 4.42. The Kier molecular flexibility index (Phi) is 4.90. The molecule has 0 spiro atoms. The maximum Gasteiger partial charge on any atom is 0.252 e. The van der Waals surface area contributed by atoms with Crippen molar-refractivity contribution in [3.63, 3.8) is 0 Å². The quantitative estimate of drug-likeness (QED) is 0.789. The molecule has 1 heterocycles. The van der Waals surface area contributed by atoms with Crippen molar-refractivity contribution in [3.8, 4) is 0 Å². The van der Waals surface area contributed by atoms with Crippen molar-refractivity contribution in [2.75, 3.05) is 25.5 Å². The summed E-state index contributed by atoms with van der Waals surface area (Å²) in [6.45, 7) is 3.87. The summed E-state index contributed by atoms with van der Waals surface area (Å²) in [5.74, 6) is 0.218. The summed E-state index contributed by atoms with van der Waals surface area (Å²) >= 11 is 0. The van der Waals surface area contributed by atoms with Crippen LogP contribution in [0.2, 0.25) is 0 Å². The minimum atomic E-state index is -0.133. The average Bonchev–Trinajstić information content (AvgIpc) is 2.46. The van der Waals surface area contributed by atoms with Crippen molar-refractivity contribution in [1.82, 2.24) is 10.3 Å². The fraction of sp³-hybridized carbons (Fsp3) is 0.333. The van der Waals surface area contributed by atoms with Crippen LogP contribution < -0.4 is 11.1 Å². The number of hydrogen-bond acceptors (Lipinski definition) is 4. The lowest BCUT2D eigenvalue weighted by Crippen LogP contribution is -2.25. The fourth-order valence-electron chi connectivity index (χ4n) is 2.00. The van der Waals surface area contributed by atoms with Crippen LogP contribution in [0.3, 0.4) is 0 Å². The molecule has 0 aliphatic heterocycles. The Morgan fingerprint density at radius 1 is 1.40 bits per heavy atom. The van der Waals surface area contributed by atoms with Gasteiger partial charge in [-0.3, -0.25) is 4.79 Å². The van der Waals surface area contributed by atoms with Crippen LogP contribution in [0.15, 0.2) is 30.3 Å². The number of nitrogen functional groups attached to an aromatic ring is 1. The molecular weight excluding hydrogens is 254 g/mol. The summed E-state index contributed by atoms with van der Waals surface area (Å²) in [6, 6.07) is 9.08. The molecule has 5 heteroatoms. The fourth-order valence-corrected chi connectivity index (χ4v) is 2.00. The largest absolute Gasteiger partial charge is 0.384 e. The second kappa shape index (κ2) is 6.86. The van der Waals surface area contributed by atoms with Gasteiger partial charge in [-0.05, 0) is 25.5 Å². The number of nitrogens with one attached hydrogen (secondary N) is 1. The number of pyridine rings is 1. The SMILES string of the molecule is CCOCCCNC(=O)c1cc(N)nc2ccccc12. The highest BCUT2D eigenvalue weighted by Gasteiger charge is 2.11. The van der Waals surface area contributed by atoms with Gasteiger partial charge in [-0.1, -0.05) is 18.2 Å². The molecule has 2 rings (SSSR count). The predicted molar refractivity (Wildman–Crippen MR) is 79.6 cm³/mol. The topological polar surface area (TPSA) is 77.2 Å². The molecule has 5 nitrogen and oxygen atoms in total. The summed E-state index contributed by atoms with van der Waals surface area (Å²) in [7, 11) is 0. The third-order valence-electron chi connectivity index (χ3n) is 2.94. The van der Waals surface area contributed by atoms with E-state index in [4.69, 9.17) is 10.5 Å². The molecule has 2 aromatic rings. The molecule has 0 saturated carbocycles. The summed E-state index contributed by atoms with van der Waals surface area (Å²) < 4.78 is 5.23. The van der Waals surface area contributed by atoms with Crippen molar-refractivity contribution < 1.29 is 9.53 Å². The predicted octanol–water partition coefficient (Wildman–Crippen LogP) is 1.97. The van der Waals surface area contributed by atoms with Crippen molar-refractivity contribution in [3.05, 3.63) is 35.9 Å². The molecule has 0 atom stereocenters. The lowest BCUT2D eigenvalue weighted by molar-refractivity contribution is 0.0946. The number of para-hydroxylation sites is 1. The highest BCUT2D eigenvalue weighted by atomic mass is 16.5. The molecule has 20 heavy (non-hydrogen) atoms. The number of hydrogen-bond donors (Lipinski definition) is 2. The highest BCUT2D eigenvalue weighted by Crippen LogP contribution is 2.19. The Hall–Kier alpha value is -2.14. The molecule has 0 aliphatic rings. The van der Waals surface area contributed by atoms with Gasteiger partial charge in [0.25, 0.3) is 5.91 Å². The van der Waals surface area contributed by atoms with Crippen LogP contribution in [0.1, 0.15) is 23.7 Å². The van der Waals surface area contributed by atoms with Crippen LogP contribution >= 0.6 is 0 Å². The van der Waals surface area contributed by atoms with E-state index >= 15 is 0 Å². The number of fused-ring (bicyclic) bond motifs is 1. The monoisotopic (exact) mass is 273 g/mol. The number of rotatable bonds is 6. The number of ether oxygens (including phenoxy) is 1. The Bertz CT molecular complexity index is 599. The Balaban J connectivity index is 2.09. The van der Waals surface area contributed by atoms with Gasteiger partial charge in [0.2, 0.25) is 0 Å². The van der Waals surface area contributed by atoms with E-state index in [1.807, 2.05) is 31.2 Å². The molecule has 3 N–H and O–H groups in total. The zero-order valence-electron chi connectivity index (χ0n) is 11.6. The van der Waals surface area contributed by atoms with E-state index in [0.717, 1.165) is 17.3 Å². The van der Waals surface area contributed by atoms with Crippen molar-refractivity contribution in [2.24, 2.45) is 0 Å². The number of carbonyl (C=O) groups is 1. The maximum absolute atomic E-state index is 12.2. The Morgan fingerprint density at radius 3 is 3.00 bits per heavy atom. The normalized spacial score (nSPS) is 10.7. The zero-order chi connectivity index (χ0) is 14.4. The van der Waals surface area contributed by atoms with E-state index < -0.39 is 0 Å². The molecule has 106 valence electrons. The van der Waals surface area contributed by atoms with Gasteiger partial charge < -0.3 is 15.8 Å². The molecule has 1 aromatic heterocycles. The molecule has 0 fully saturated rings. The first kappa shape index (κ1) is 14.3. The first-order chi connectivity index (χ1) is 9.72. The van der Waals surface area contributed by atoms with Gasteiger partial charge in [-0.15, -0.1) is 0 Å². The first-order valence-electron chi connectivity index (χ1n) is 6.73. The number of aromatic nitrogens is 1. The number of amides is 1. The first-order valence-corrected chi connectivity index (χ1v) is 6.73. The molecule has 1 amide bonds. The van der Waals surface area contributed by atoms with Crippen molar-refractivity contribution in [2.45, 2.75) is 13.3 Å². The standard InChI is InChI=1S/C15H19N3O2/c1-2-20-9-5-8-17-15(19)12-10-14(16)18-13-7-4-3-6-11(12)13/h3-4,6-7,10H,2,5,8-9H2,1H3,(H2,16,18)(H,17,19). The molecule has 0 aliphatic carbocycles.